The van der Waals surface area contributed by atoms with Gasteiger partial charge < -0.3 is 14.8 Å². The Kier molecular flexibility index (Phi) is 4.89. The van der Waals surface area contributed by atoms with E-state index in [0.29, 0.717) is 11.5 Å². The average molecular weight is 335 g/mol. The van der Waals surface area contributed by atoms with E-state index in [9.17, 15) is 4.79 Å². The molecule has 0 aliphatic carbocycles. The first-order chi connectivity index (χ1) is 12.2. The topological polar surface area (TPSA) is 73.3 Å². The molecule has 126 valence electrons. The van der Waals surface area contributed by atoms with Crippen LogP contribution < -0.4 is 10.1 Å². The lowest BCUT2D eigenvalue weighted by Crippen LogP contribution is -2.02. The molecule has 0 spiro atoms. The van der Waals surface area contributed by atoms with Gasteiger partial charge in [0.2, 0.25) is 5.95 Å². The summed E-state index contributed by atoms with van der Waals surface area (Å²) in [6.45, 7) is 0. The SMILES string of the molecule is COC(=O)c1ccc(Nc2nccc(-c3ccc(OC)cc3)n2)cc1. The summed E-state index contributed by atoms with van der Waals surface area (Å²) >= 11 is 0. The zero-order chi connectivity index (χ0) is 17.6. The van der Waals surface area contributed by atoms with Gasteiger partial charge in [0.25, 0.3) is 0 Å². The van der Waals surface area contributed by atoms with Crippen LogP contribution in [0.3, 0.4) is 0 Å². The number of methoxy groups -OCH3 is 2. The summed E-state index contributed by atoms with van der Waals surface area (Å²) in [6.07, 6.45) is 1.69. The van der Waals surface area contributed by atoms with Crippen LogP contribution in [-0.4, -0.2) is 30.2 Å². The van der Waals surface area contributed by atoms with Gasteiger partial charge in [0, 0.05) is 17.4 Å². The number of carbonyl (C=O) groups is 1. The summed E-state index contributed by atoms with van der Waals surface area (Å²) in [6, 6.07) is 16.4. The Morgan fingerprint density at radius 3 is 2.32 bits per heavy atom. The highest BCUT2D eigenvalue weighted by Crippen LogP contribution is 2.22. The second kappa shape index (κ2) is 7.44. The number of hydrogen-bond donors (Lipinski definition) is 1. The fraction of sp³-hybridized carbons (Fsp3) is 0.105. The van der Waals surface area contributed by atoms with Crippen LogP contribution >= 0.6 is 0 Å². The zero-order valence-corrected chi connectivity index (χ0v) is 13.9. The maximum Gasteiger partial charge on any atom is 0.337 e. The van der Waals surface area contributed by atoms with E-state index >= 15 is 0 Å². The predicted molar refractivity (Wildman–Crippen MR) is 95.1 cm³/mol. The van der Waals surface area contributed by atoms with E-state index in [1.807, 2.05) is 30.3 Å². The van der Waals surface area contributed by atoms with Gasteiger partial charge in [-0.3, -0.25) is 0 Å². The lowest BCUT2D eigenvalue weighted by molar-refractivity contribution is 0.0601. The summed E-state index contributed by atoms with van der Waals surface area (Å²) in [5.41, 5.74) is 3.03. The van der Waals surface area contributed by atoms with E-state index in [1.54, 1.807) is 37.6 Å². The van der Waals surface area contributed by atoms with E-state index < -0.39 is 0 Å². The Morgan fingerprint density at radius 2 is 1.68 bits per heavy atom. The second-order valence-corrected chi connectivity index (χ2v) is 5.19. The van der Waals surface area contributed by atoms with Crippen LogP contribution in [0.5, 0.6) is 5.75 Å². The number of anilines is 2. The monoisotopic (exact) mass is 335 g/mol. The molecular weight excluding hydrogens is 318 g/mol. The molecule has 0 saturated heterocycles. The third kappa shape index (κ3) is 3.92. The molecule has 0 aliphatic heterocycles. The largest absolute Gasteiger partial charge is 0.497 e. The minimum absolute atomic E-state index is 0.371. The fourth-order valence-electron chi connectivity index (χ4n) is 2.28. The molecule has 0 fully saturated rings. The van der Waals surface area contributed by atoms with Crippen LogP contribution in [0.4, 0.5) is 11.6 Å². The summed E-state index contributed by atoms with van der Waals surface area (Å²) in [5, 5.41) is 3.12. The van der Waals surface area contributed by atoms with Crippen LogP contribution in [0.25, 0.3) is 11.3 Å². The van der Waals surface area contributed by atoms with Gasteiger partial charge in [-0.25, -0.2) is 14.8 Å². The smallest absolute Gasteiger partial charge is 0.337 e. The molecule has 1 N–H and O–H groups in total. The first kappa shape index (κ1) is 16.4. The number of benzene rings is 2. The Bertz CT molecular complexity index is 862. The molecule has 1 heterocycles. The standard InChI is InChI=1S/C19H17N3O3/c1-24-16-9-5-13(6-10-16)17-11-12-20-19(22-17)21-15-7-3-14(4-8-15)18(23)25-2/h3-12H,1-2H3,(H,20,21,22). The molecule has 0 radical (unpaired) electrons. The summed E-state index contributed by atoms with van der Waals surface area (Å²) in [4.78, 5) is 20.2. The number of ether oxygens (including phenoxy) is 2. The molecule has 25 heavy (non-hydrogen) atoms. The van der Waals surface area contributed by atoms with Crippen molar-refractivity contribution < 1.29 is 14.3 Å². The lowest BCUT2D eigenvalue weighted by atomic mass is 10.1. The second-order valence-electron chi connectivity index (χ2n) is 5.19. The van der Waals surface area contributed by atoms with Gasteiger partial charge in [-0.1, -0.05) is 0 Å². The highest BCUT2D eigenvalue weighted by Gasteiger charge is 2.06. The molecule has 0 unspecified atom stereocenters. The highest BCUT2D eigenvalue weighted by molar-refractivity contribution is 5.89. The van der Waals surface area contributed by atoms with Crippen LogP contribution in [0, 0.1) is 0 Å². The van der Waals surface area contributed by atoms with Gasteiger partial charge in [-0.2, -0.15) is 0 Å². The first-order valence-corrected chi connectivity index (χ1v) is 7.62. The van der Waals surface area contributed by atoms with E-state index in [0.717, 1.165) is 22.7 Å². The molecular formula is C19H17N3O3. The number of esters is 1. The zero-order valence-electron chi connectivity index (χ0n) is 13.9. The molecule has 6 nitrogen and oxygen atoms in total. The van der Waals surface area contributed by atoms with Crippen molar-refractivity contribution in [1.82, 2.24) is 9.97 Å². The Balaban J connectivity index is 1.78. The van der Waals surface area contributed by atoms with Gasteiger partial charge in [-0.15, -0.1) is 0 Å². The van der Waals surface area contributed by atoms with Crippen molar-refractivity contribution in [3.8, 4) is 17.0 Å². The molecule has 6 heteroatoms. The summed E-state index contributed by atoms with van der Waals surface area (Å²) in [7, 11) is 2.99. The molecule has 0 atom stereocenters. The van der Waals surface area contributed by atoms with Gasteiger partial charge >= 0.3 is 5.97 Å². The van der Waals surface area contributed by atoms with Crippen molar-refractivity contribution >= 4 is 17.6 Å². The van der Waals surface area contributed by atoms with Crippen LogP contribution in [0.15, 0.2) is 60.8 Å². The molecule has 0 saturated carbocycles. The van der Waals surface area contributed by atoms with E-state index in [4.69, 9.17) is 4.74 Å². The van der Waals surface area contributed by atoms with Crippen molar-refractivity contribution in [2.75, 3.05) is 19.5 Å². The van der Waals surface area contributed by atoms with Gasteiger partial charge in [-0.05, 0) is 54.6 Å². The van der Waals surface area contributed by atoms with Crippen molar-refractivity contribution in [3.05, 3.63) is 66.4 Å². The maximum absolute atomic E-state index is 11.5. The normalized spacial score (nSPS) is 10.2. The minimum Gasteiger partial charge on any atom is -0.497 e. The molecule has 0 bridgehead atoms. The Labute approximate surface area is 145 Å². The quantitative estimate of drug-likeness (QED) is 0.717. The molecule has 1 aromatic heterocycles. The van der Waals surface area contributed by atoms with Crippen LogP contribution in [0.1, 0.15) is 10.4 Å². The number of carbonyl (C=O) groups excluding carboxylic acids is 1. The van der Waals surface area contributed by atoms with E-state index in [2.05, 4.69) is 20.0 Å². The fourth-order valence-corrected chi connectivity index (χ4v) is 2.28. The number of aromatic nitrogens is 2. The molecule has 3 aromatic rings. The summed E-state index contributed by atoms with van der Waals surface area (Å²) in [5.74, 6) is 0.894. The van der Waals surface area contributed by atoms with E-state index in [-0.39, 0.29) is 5.97 Å². The Morgan fingerprint density at radius 1 is 0.960 bits per heavy atom. The molecule has 2 aromatic carbocycles. The lowest BCUT2D eigenvalue weighted by Gasteiger charge is -2.08. The van der Waals surface area contributed by atoms with E-state index in [1.165, 1.54) is 7.11 Å². The Hall–Kier alpha value is -3.41. The molecule has 3 rings (SSSR count). The minimum atomic E-state index is -0.371. The van der Waals surface area contributed by atoms with Crippen LogP contribution in [0.2, 0.25) is 0 Å². The molecule has 0 amide bonds. The predicted octanol–water partition coefficient (Wildman–Crippen LogP) is 3.68. The van der Waals surface area contributed by atoms with Crippen LogP contribution in [-0.2, 0) is 4.74 Å². The third-order valence-electron chi connectivity index (χ3n) is 3.60. The van der Waals surface area contributed by atoms with Crippen molar-refractivity contribution in [3.63, 3.8) is 0 Å². The first-order valence-electron chi connectivity index (χ1n) is 7.62. The maximum atomic E-state index is 11.5. The van der Waals surface area contributed by atoms with Gasteiger partial charge in [0.1, 0.15) is 5.75 Å². The van der Waals surface area contributed by atoms with Gasteiger partial charge in [0.05, 0.1) is 25.5 Å². The number of nitrogens with one attached hydrogen (secondary N) is 1. The van der Waals surface area contributed by atoms with Gasteiger partial charge in [0.15, 0.2) is 0 Å². The number of rotatable bonds is 5. The number of nitrogens with zero attached hydrogens (tertiary/aromatic N) is 2. The average Bonchev–Trinajstić information content (AvgIpc) is 2.68. The van der Waals surface area contributed by atoms with Crippen molar-refractivity contribution in [2.24, 2.45) is 0 Å². The molecule has 0 aliphatic rings. The van der Waals surface area contributed by atoms with Crippen molar-refractivity contribution in [2.45, 2.75) is 0 Å². The highest BCUT2D eigenvalue weighted by atomic mass is 16.5. The number of hydrogen-bond acceptors (Lipinski definition) is 6. The summed E-state index contributed by atoms with van der Waals surface area (Å²) < 4.78 is 9.85. The third-order valence-corrected chi connectivity index (χ3v) is 3.60. The van der Waals surface area contributed by atoms with Crippen molar-refractivity contribution in [1.29, 1.82) is 0 Å².